The third-order valence-corrected chi connectivity index (χ3v) is 6.37. The summed E-state index contributed by atoms with van der Waals surface area (Å²) >= 11 is 0. The number of nitrogens with zero attached hydrogens (tertiary/aromatic N) is 2. The Balaban J connectivity index is 1.68. The summed E-state index contributed by atoms with van der Waals surface area (Å²) in [6.07, 6.45) is 0.659. The molecule has 0 saturated carbocycles. The highest BCUT2D eigenvalue weighted by atomic mass is 19.1. The Labute approximate surface area is 198 Å². The van der Waals surface area contributed by atoms with Gasteiger partial charge in [-0.3, -0.25) is 14.5 Å². The number of carbonyl (C=O) groups is 2. The fourth-order valence-corrected chi connectivity index (χ4v) is 4.57. The lowest BCUT2D eigenvalue weighted by Gasteiger charge is -2.29. The molecule has 34 heavy (non-hydrogen) atoms. The number of ether oxygens (including phenoxy) is 2. The van der Waals surface area contributed by atoms with E-state index in [2.05, 4.69) is 4.90 Å². The lowest BCUT2D eigenvalue weighted by Crippen LogP contribution is -2.38. The first-order valence-corrected chi connectivity index (χ1v) is 11.4. The highest BCUT2D eigenvalue weighted by Crippen LogP contribution is 2.40. The van der Waals surface area contributed by atoms with Crippen molar-refractivity contribution in [3.05, 3.63) is 70.5 Å². The minimum absolute atomic E-state index is 0.00699. The average Bonchev–Trinajstić information content (AvgIpc) is 3.09. The molecule has 0 aromatic heterocycles. The first-order chi connectivity index (χ1) is 16.4. The van der Waals surface area contributed by atoms with E-state index in [4.69, 9.17) is 9.47 Å². The van der Waals surface area contributed by atoms with Crippen LogP contribution in [0.2, 0.25) is 0 Å². The van der Waals surface area contributed by atoms with Gasteiger partial charge in [-0.25, -0.2) is 4.39 Å². The highest BCUT2D eigenvalue weighted by Gasteiger charge is 2.45. The van der Waals surface area contributed by atoms with Crippen molar-refractivity contribution >= 4 is 17.4 Å². The van der Waals surface area contributed by atoms with E-state index in [1.54, 1.807) is 37.4 Å². The molecule has 1 N–H and O–H groups in total. The molecular weight excluding hydrogens is 439 g/mol. The molecule has 1 amide bonds. The predicted molar refractivity (Wildman–Crippen MR) is 125 cm³/mol. The molecular formula is C26H29FN2O5. The van der Waals surface area contributed by atoms with E-state index < -0.39 is 23.5 Å². The van der Waals surface area contributed by atoms with Crippen LogP contribution in [0.1, 0.15) is 29.2 Å². The number of Topliss-reactive ketones (excluding diaryl/α,β-unsaturated/α-hetero) is 1. The minimum Gasteiger partial charge on any atom is -0.507 e. The zero-order valence-electron chi connectivity index (χ0n) is 19.4. The van der Waals surface area contributed by atoms with E-state index in [0.29, 0.717) is 43.1 Å². The first-order valence-electron chi connectivity index (χ1n) is 11.4. The SMILES string of the molecule is COc1ccc(/C(O)=C2\C(=O)C(=O)N(CCCN3CCOCC3)C2c2ccc(F)cc2)cc1C. The van der Waals surface area contributed by atoms with Gasteiger partial charge in [0.15, 0.2) is 0 Å². The van der Waals surface area contributed by atoms with Crippen molar-refractivity contribution in [2.75, 3.05) is 46.5 Å². The molecule has 2 aromatic carbocycles. The number of amides is 1. The van der Waals surface area contributed by atoms with Crippen LogP contribution < -0.4 is 4.74 Å². The lowest BCUT2D eigenvalue weighted by molar-refractivity contribution is -0.140. The van der Waals surface area contributed by atoms with E-state index in [9.17, 15) is 19.1 Å². The van der Waals surface area contributed by atoms with Crippen LogP contribution in [0.3, 0.4) is 0 Å². The van der Waals surface area contributed by atoms with Gasteiger partial charge >= 0.3 is 0 Å². The maximum absolute atomic E-state index is 13.6. The monoisotopic (exact) mass is 468 g/mol. The number of hydrogen-bond donors (Lipinski definition) is 1. The van der Waals surface area contributed by atoms with E-state index in [-0.39, 0.29) is 11.3 Å². The third-order valence-electron chi connectivity index (χ3n) is 6.37. The van der Waals surface area contributed by atoms with Gasteiger partial charge in [-0.05, 0) is 54.8 Å². The van der Waals surface area contributed by atoms with E-state index >= 15 is 0 Å². The van der Waals surface area contributed by atoms with Gasteiger partial charge in [-0.2, -0.15) is 0 Å². The van der Waals surface area contributed by atoms with Crippen LogP contribution in [0.25, 0.3) is 5.76 Å². The van der Waals surface area contributed by atoms with Crippen molar-refractivity contribution in [1.29, 1.82) is 0 Å². The molecule has 8 heteroatoms. The number of aliphatic hydroxyl groups is 1. The summed E-state index contributed by atoms with van der Waals surface area (Å²) in [6.45, 7) is 5.96. The zero-order valence-corrected chi connectivity index (χ0v) is 19.4. The van der Waals surface area contributed by atoms with Crippen molar-refractivity contribution in [1.82, 2.24) is 9.80 Å². The number of methoxy groups -OCH3 is 1. The number of morpholine rings is 1. The van der Waals surface area contributed by atoms with Crippen LogP contribution in [0.5, 0.6) is 5.75 Å². The normalized spacial score (nSPS) is 20.7. The van der Waals surface area contributed by atoms with Gasteiger partial charge in [-0.15, -0.1) is 0 Å². The summed E-state index contributed by atoms with van der Waals surface area (Å²) < 4.78 is 24.3. The zero-order chi connectivity index (χ0) is 24.2. The minimum atomic E-state index is -0.798. The number of likely N-dealkylation sites (tertiary alicyclic amines) is 1. The van der Waals surface area contributed by atoms with Crippen LogP contribution in [0.4, 0.5) is 4.39 Å². The molecule has 0 spiro atoms. The molecule has 2 heterocycles. The van der Waals surface area contributed by atoms with Crippen molar-refractivity contribution < 1.29 is 28.6 Å². The maximum Gasteiger partial charge on any atom is 0.295 e. The molecule has 0 bridgehead atoms. The number of benzene rings is 2. The molecule has 180 valence electrons. The van der Waals surface area contributed by atoms with Crippen molar-refractivity contribution in [2.24, 2.45) is 0 Å². The highest BCUT2D eigenvalue weighted by molar-refractivity contribution is 6.46. The fourth-order valence-electron chi connectivity index (χ4n) is 4.57. The summed E-state index contributed by atoms with van der Waals surface area (Å²) in [5.74, 6) is -1.43. The van der Waals surface area contributed by atoms with Crippen LogP contribution in [0.15, 0.2) is 48.0 Å². The quantitative estimate of drug-likeness (QED) is 0.382. The fraction of sp³-hybridized carbons (Fsp3) is 0.385. The van der Waals surface area contributed by atoms with E-state index in [0.717, 1.165) is 25.2 Å². The van der Waals surface area contributed by atoms with Gasteiger partial charge < -0.3 is 19.5 Å². The van der Waals surface area contributed by atoms with Crippen molar-refractivity contribution in [2.45, 2.75) is 19.4 Å². The number of ketones is 1. The summed E-state index contributed by atoms with van der Waals surface area (Å²) in [5.41, 5.74) is 1.77. The Morgan fingerprint density at radius 1 is 1.12 bits per heavy atom. The standard InChI is InChI=1S/C26H29FN2O5/c1-17-16-19(6-9-21(17)33-2)24(30)22-23(18-4-7-20(27)8-5-18)29(26(32)25(22)31)11-3-10-28-12-14-34-15-13-28/h4-9,16,23,30H,3,10-15H2,1-2H3/b24-22+. The second-order valence-corrected chi connectivity index (χ2v) is 8.54. The first kappa shape index (κ1) is 23.9. The van der Waals surface area contributed by atoms with Crippen LogP contribution in [-0.4, -0.2) is 73.1 Å². The molecule has 1 unspecified atom stereocenters. The number of aryl methyl sites for hydroxylation is 1. The number of carbonyl (C=O) groups excluding carboxylic acids is 2. The smallest absolute Gasteiger partial charge is 0.295 e. The molecule has 7 nitrogen and oxygen atoms in total. The van der Waals surface area contributed by atoms with Gasteiger partial charge in [0.25, 0.3) is 11.7 Å². The molecule has 0 radical (unpaired) electrons. The Kier molecular flexibility index (Phi) is 7.29. The second-order valence-electron chi connectivity index (χ2n) is 8.54. The number of hydrogen-bond acceptors (Lipinski definition) is 6. The Hall–Kier alpha value is -3.23. The molecule has 2 aromatic rings. The number of rotatable bonds is 7. The summed E-state index contributed by atoms with van der Waals surface area (Å²) in [7, 11) is 1.55. The lowest BCUT2D eigenvalue weighted by atomic mass is 9.94. The molecule has 2 aliphatic rings. The number of halogens is 1. The van der Waals surface area contributed by atoms with Crippen molar-refractivity contribution in [3.63, 3.8) is 0 Å². The maximum atomic E-state index is 13.6. The third kappa shape index (κ3) is 4.83. The topological polar surface area (TPSA) is 79.3 Å². The predicted octanol–water partition coefficient (Wildman–Crippen LogP) is 3.29. The molecule has 4 rings (SSSR count). The van der Waals surface area contributed by atoms with E-state index in [1.165, 1.54) is 17.0 Å². The van der Waals surface area contributed by atoms with Gasteiger partial charge in [0.1, 0.15) is 17.3 Å². The molecule has 2 aliphatic heterocycles. The molecule has 1 atom stereocenters. The molecule has 0 aliphatic carbocycles. The summed E-state index contributed by atoms with van der Waals surface area (Å²) in [6, 6.07) is 9.95. The summed E-state index contributed by atoms with van der Waals surface area (Å²) in [5, 5.41) is 11.2. The Morgan fingerprint density at radius 3 is 2.47 bits per heavy atom. The van der Waals surface area contributed by atoms with Gasteiger partial charge in [0.05, 0.1) is 31.9 Å². The summed E-state index contributed by atoms with van der Waals surface area (Å²) in [4.78, 5) is 29.9. The van der Waals surface area contributed by atoms with Crippen LogP contribution >= 0.6 is 0 Å². The van der Waals surface area contributed by atoms with Crippen molar-refractivity contribution in [3.8, 4) is 5.75 Å². The van der Waals surface area contributed by atoms with Crippen LogP contribution in [-0.2, 0) is 14.3 Å². The average molecular weight is 469 g/mol. The largest absolute Gasteiger partial charge is 0.507 e. The van der Waals surface area contributed by atoms with Crippen LogP contribution in [0, 0.1) is 12.7 Å². The molecule has 2 saturated heterocycles. The second kappa shape index (κ2) is 10.4. The molecule has 2 fully saturated rings. The Bertz CT molecular complexity index is 1090. The Morgan fingerprint density at radius 2 is 1.82 bits per heavy atom. The van der Waals surface area contributed by atoms with Gasteiger partial charge in [0, 0.05) is 31.7 Å². The number of aliphatic hydroxyl groups excluding tert-OH is 1. The van der Waals surface area contributed by atoms with Gasteiger partial charge in [0.2, 0.25) is 0 Å². The van der Waals surface area contributed by atoms with E-state index in [1.807, 2.05) is 6.92 Å². The van der Waals surface area contributed by atoms with Gasteiger partial charge in [-0.1, -0.05) is 12.1 Å².